The van der Waals surface area contributed by atoms with Gasteiger partial charge in [-0.3, -0.25) is 0 Å². The summed E-state index contributed by atoms with van der Waals surface area (Å²) in [7, 11) is 0. The molecule has 106 valence electrons. The van der Waals surface area contributed by atoms with E-state index in [9.17, 15) is 0 Å². The Hall–Kier alpha value is -1.76. The minimum absolute atomic E-state index is 0.317. The summed E-state index contributed by atoms with van der Waals surface area (Å²) in [5.41, 5.74) is 9.35. The minimum Gasteiger partial charge on any atom is -0.378 e. The summed E-state index contributed by atoms with van der Waals surface area (Å²) in [5, 5.41) is 3.63. The highest BCUT2D eigenvalue weighted by Crippen LogP contribution is 2.27. The fraction of sp³-hybridized carbons (Fsp3) is 0.368. The van der Waals surface area contributed by atoms with Gasteiger partial charge in [-0.15, -0.1) is 0 Å². The molecule has 2 aromatic rings. The van der Waals surface area contributed by atoms with Gasteiger partial charge in [0.15, 0.2) is 0 Å². The molecular weight excluding hydrogens is 242 g/mol. The van der Waals surface area contributed by atoms with E-state index in [1.54, 1.807) is 0 Å². The lowest BCUT2D eigenvalue weighted by Crippen LogP contribution is -2.10. The van der Waals surface area contributed by atoms with Gasteiger partial charge in [-0.1, -0.05) is 23.8 Å². The molecule has 0 radical (unpaired) electrons. The first kappa shape index (κ1) is 14.6. The molecule has 2 rings (SSSR count). The highest BCUT2D eigenvalue weighted by atomic mass is 14.9. The van der Waals surface area contributed by atoms with E-state index in [4.69, 9.17) is 0 Å². The monoisotopic (exact) mass is 267 g/mol. The number of aryl methyl sites for hydroxylation is 5. The predicted octanol–water partition coefficient (Wildman–Crippen LogP) is 5.40. The van der Waals surface area contributed by atoms with Gasteiger partial charge >= 0.3 is 0 Å². The van der Waals surface area contributed by atoms with Crippen LogP contribution in [0.1, 0.15) is 46.3 Å². The standard InChI is InChI=1S/C19H25N/c1-12-9-15(4)19(16(5)10-12)17(6)20-18-8-7-13(2)14(3)11-18/h7-11,17,20H,1-6H3. The molecule has 0 aromatic heterocycles. The second-order valence-corrected chi connectivity index (χ2v) is 5.98. The van der Waals surface area contributed by atoms with E-state index in [0.29, 0.717) is 6.04 Å². The normalized spacial score (nSPS) is 12.3. The number of hydrogen-bond donors (Lipinski definition) is 1. The van der Waals surface area contributed by atoms with Crippen LogP contribution in [0.3, 0.4) is 0 Å². The molecule has 20 heavy (non-hydrogen) atoms. The number of anilines is 1. The van der Waals surface area contributed by atoms with Crippen molar-refractivity contribution in [3.05, 3.63) is 63.7 Å². The summed E-state index contributed by atoms with van der Waals surface area (Å²) in [6, 6.07) is 11.4. The van der Waals surface area contributed by atoms with Crippen molar-refractivity contribution >= 4 is 5.69 Å². The van der Waals surface area contributed by atoms with Crippen LogP contribution >= 0.6 is 0 Å². The van der Waals surface area contributed by atoms with Crippen molar-refractivity contribution in [2.24, 2.45) is 0 Å². The molecule has 0 amide bonds. The van der Waals surface area contributed by atoms with Crippen LogP contribution in [0.2, 0.25) is 0 Å². The van der Waals surface area contributed by atoms with E-state index >= 15 is 0 Å². The second-order valence-electron chi connectivity index (χ2n) is 5.98. The van der Waals surface area contributed by atoms with Crippen LogP contribution in [0.4, 0.5) is 5.69 Å². The number of hydrogen-bond acceptors (Lipinski definition) is 1. The average Bonchev–Trinajstić information content (AvgIpc) is 2.32. The average molecular weight is 267 g/mol. The summed E-state index contributed by atoms with van der Waals surface area (Å²) in [6.07, 6.45) is 0. The van der Waals surface area contributed by atoms with E-state index in [-0.39, 0.29) is 0 Å². The van der Waals surface area contributed by atoms with Gasteiger partial charge in [0.2, 0.25) is 0 Å². The second kappa shape index (κ2) is 5.70. The third-order valence-corrected chi connectivity index (χ3v) is 4.06. The molecule has 0 aliphatic rings. The van der Waals surface area contributed by atoms with E-state index in [1.807, 2.05) is 0 Å². The maximum atomic E-state index is 3.63. The molecule has 0 saturated heterocycles. The predicted molar refractivity (Wildman–Crippen MR) is 88.6 cm³/mol. The zero-order valence-corrected chi connectivity index (χ0v) is 13.5. The van der Waals surface area contributed by atoms with Crippen LogP contribution in [-0.2, 0) is 0 Å². The van der Waals surface area contributed by atoms with Gasteiger partial charge in [-0.25, -0.2) is 0 Å². The summed E-state index contributed by atoms with van der Waals surface area (Å²) in [6.45, 7) is 13.1. The molecule has 2 aromatic carbocycles. The third-order valence-electron chi connectivity index (χ3n) is 4.06. The molecule has 0 heterocycles. The fourth-order valence-corrected chi connectivity index (χ4v) is 3.03. The quantitative estimate of drug-likeness (QED) is 0.785. The van der Waals surface area contributed by atoms with Crippen molar-refractivity contribution in [2.45, 2.75) is 47.6 Å². The van der Waals surface area contributed by atoms with Crippen LogP contribution in [0, 0.1) is 34.6 Å². The van der Waals surface area contributed by atoms with Crippen LogP contribution in [0.5, 0.6) is 0 Å². The Morgan fingerprint density at radius 1 is 0.750 bits per heavy atom. The molecule has 1 unspecified atom stereocenters. The van der Waals surface area contributed by atoms with Gasteiger partial charge in [0.25, 0.3) is 0 Å². The maximum Gasteiger partial charge on any atom is 0.0490 e. The smallest absolute Gasteiger partial charge is 0.0490 e. The summed E-state index contributed by atoms with van der Waals surface area (Å²) < 4.78 is 0. The Morgan fingerprint density at radius 3 is 1.90 bits per heavy atom. The highest BCUT2D eigenvalue weighted by Gasteiger charge is 2.12. The van der Waals surface area contributed by atoms with Gasteiger partial charge in [0.05, 0.1) is 0 Å². The number of rotatable bonds is 3. The topological polar surface area (TPSA) is 12.0 Å². The molecule has 1 N–H and O–H groups in total. The number of benzene rings is 2. The van der Waals surface area contributed by atoms with Crippen molar-refractivity contribution in [2.75, 3.05) is 5.32 Å². The van der Waals surface area contributed by atoms with Gasteiger partial charge in [-0.2, -0.15) is 0 Å². The number of nitrogens with one attached hydrogen (secondary N) is 1. The van der Waals surface area contributed by atoms with Crippen LogP contribution in [0.25, 0.3) is 0 Å². The third kappa shape index (κ3) is 3.04. The zero-order valence-electron chi connectivity index (χ0n) is 13.5. The Bertz CT molecular complexity index is 603. The fourth-order valence-electron chi connectivity index (χ4n) is 3.03. The molecule has 1 heteroatoms. The van der Waals surface area contributed by atoms with E-state index < -0.39 is 0 Å². The van der Waals surface area contributed by atoms with Crippen molar-refractivity contribution in [1.29, 1.82) is 0 Å². The molecule has 0 aliphatic heterocycles. The Balaban J connectivity index is 2.28. The largest absolute Gasteiger partial charge is 0.378 e. The molecule has 1 atom stereocenters. The Kier molecular flexibility index (Phi) is 4.17. The van der Waals surface area contributed by atoms with Gasteiger partial charge in [0.1, 0.15) is 0 Å². The Labute approximate surface area is 123 Å². The lowest BCUT2D eigenvalue weighted by atomic mass is 9.94. The summed E-state index contributed by atoms with van der Waals surface area (Å²) in [5.74, 6) is 0. The maximum absolute atomic E-state index is 3.63. The van der Waals surface area contributed by atoms with Gasteiger partial charge in [0, 0.05) is 11.7 Å². The minimum atomic E-state index is 0.317. The molecule has 0 bridgehead atoms. The Morgan fingerprint density at radius 2 is 1.35 bits per heavy atom. The summed E-state index contributed by atoms with van der Waals surface area (Å²) in [4.78, 5) is 0. The first-order valence-corrected chi connectivity index (χ1v) is 7.30. The van der Waals surface area contributed by atoms with Crippen LogP contribution in [0.15, 0.2) is 30.3 Å². The first-order valence-electron chi connectivity index (χ1n) is 7.30. The highest BCUT2D eigenvalue weighted by molar-refractivity contribution is 5.51. The molecule has 1 nitrogen and oxygen atoms in total. The van der Waals surface area contributed by atoms with Gasteiger partial charge < -0.3 is 5.32 Å². The van der Waals surface area contributed by atoms with E-state index in [0.717, 1.165) is 0 Å². The lowest BCUT2D eigenvalue weighted by Gasteiger charge is -2.21. The SMILES string of the molecule is Cc1cc(C)c(C(C)Nc2ccc(C)c(C)c2)c(C)c1. The molecule has 0 spiro atoms. The molecule has 0 fully saturated rings. The molecule has 0 aliphatic carbocycles. The zero-order chi connectivity index (χ0) is 14.9. The van der Waals surface area contributed by atoms with E-state index in [2.05, 4.69) is 77.2 Å². The van der Waals surface area contributed by atoms with Crippen LogP contribution in [-0.4, -0.2) is 0 Å². The van der Waals surface area contributed by atoms with Crippen molar-refractivity contribution < 1.29 is 0 Å². The van der Waals surface area contributed by atoms with Gasteiger partial charge in [-0.05, 0) is 81.5 Å². The lowest BCUT2D eigenvalue weighted by molar-refractivity contribution is 0.861. The van der Waals surface area contributed by atoms with Crippen LogP contribution < -0.4 is 5.32 Å². The van der Waals surface area contributed by atoms with E-state index in [1.165, 1.54) is 39.1 Å². The molecule has 0 saturated carbocycles. The van der Waals surface area contributed by atoms with Crippen molar-refractivity contribution in [3.8, 4) is 0 Å². The summed E-state index contributed by atoms with van der Waals surface area (Å²) >= 11 is 0. The molecular formula is C19H25N. The van der Waals surface area contributed by atoms with Crippen molar-refractivity contribution in [1.82, 2.24) is 0 Å². The van der Waals surface area contributed by atoms with Crippen molar-refractivity contribution in [3.63, 3.8) is 0 Å². The first-order chi connectivity index (χ1) is 9.38.